The summed E-state index contributed by atoms with van der Waals surface area (Å²) >= 11 is 2.14. The molecule has 2 N–H and O–H groups in total. The Labute approximate surface area is 182 Å². The standard InChI is InChI=1S/C20H13N3O6S2/c24-17(21-9-5-7-10(8-6-9)23(27)28)15-14-13(16-18(30-15)22-20(26)31-16)11-3-1-2-4-12(11)29-19(14)25/h1-8,13-15H,(H,21,24)(H,22,26)/t13-,14-,15+/m1/s1. The summed E-state index contributed by atoms with van der Waals surface area (Å²) in [5.74, 6) is -1.88. The van der Waals surface area contributed by atoms with Crippen molar-refractivity contribution in [2.75, 3.05) is 5.32 Å². The van der Waals surface area contributed by atoms with E-state index in [0.717, 1.165) is 28.7 Å². The van der Waals surface area contributed by atoms with Crippen molar-refractivity contribution in [1.82, 2.24) is 4.98 Å². The van der Waals surface area contributed by atoms with E-state index in [9.17, 15) is 24.5 Å². The van der Waals surface area contributed by atoms with Gasteiger partial charge >= 0.3 is 10.8 Å². The molecule has 0 unspecified atom stereocenters. The number of thiazole rings is 1. The first-order chi connectivity index (χ1) is 14.9. The number of aromatic amines is 1. The average molecular weight is 455 g/mol. The summed E-state index contributed by atoms with van der Waals surface area (Å²) < 4.78 is 5.50. The van der Waals surface area contributed by atoms with Gasteiger partial charge in [0.15, 0.2) is 0 Å². The highest BCUT2D eigenvalue weighted by atomic mass is 32.2. The number of benzene rings is 2. The number of H-pyrrole nitrogens is 1. The average Bonchev–Trinajstić information content (AvgIpc) is 3.13. The predicted octanol–water partition coefficient (Wildman–Crippen LogP) is 3.12. The number of hydrogen-bond acceptors (Lipinski definition) is 8. The van der Waals surface area contributed by atoms with E-state index in [0.29, 0.717) is 21.3 Å². The number of nitro benzene ring substituents is 1. The SMILES string of the molecule is O=C1Oc2ccccc2[C@H]2c3sc(=O)[nH]c3S[C@H](C(=O)Nc3ccc([N+](=O)[O-])cc3)[C@H]12. The number of anilines is 1. The van der Waals surface area contributed by atoms with E-state index in [4.69, 9.17) is 4.74 Å². The van der Waals surface area contributed by atoms with Crippen molar-refractivity contribution in [3.8, 4) is 5.75 Å². The summed E-state index contributed by atoms with van der Waals surface area (Å²) in [6.45, 7) is 0. The van der Waals surface area contributed by atoms with E-state index < -0.39 is 33.9 Å². The topological polar surface area (TPSA) is 131 Å². The number of fused-ring (bicyclic) bond motifs is 5. The smallest absolute Gasteiger partial charge is 0.317 e. The van der Waals surface area contributed by atoms with Crippen molar-refractivity contribution < 1.29 is 19.2 Å². The molecule has 2 aromatic carbocycles. The quantitative estimate of drug-likeness (QED) is 0.268. The molecule has 3 atom stereocenters. The van der Waals surface area contributed by atoms with Gasteiger partial charge in [-0.1, -0.05) is 41.3 Å². The molecule has 2 aliphatic heterocycles. The minimum absolute atomic E-state index is 0.0990. The highest BCUT2D eigenvalue weighted by molar-refractivity contribution is 8.00. The van der Waals surface area contributed by atoms with Gasteiger partial charge in [0, 0.05) is 34.2 Å². The summed E-state index contributed by atoms with van der Waals surface area (Å²) in [5.41, 5.74) is 1.01. The molecule has 0 fully saturated rings. The molecule has 0 bridgehead atoms. The lowest BCUT2D eigenvalue weighted by atomic mass is 9.80. The number of thioether (sulfide) groups is 1. The van der Waals surface area contributed by atoms with Gasteiger partial charge in [-0.05, 0) is 18.2 Å². The Balaban J connectivity index is 1.52. The van der Waals surface area contributed by atoms with Gasteiger partial charge in [0.2, 0.25) is 5.91 Å². The molecule has 156 valence electrons. The fraction of sp³-hybridized carbons (Fsp3) is 0.150. The minimum Gasteiger partial charge on any atom is -0.426 e. The molecular weight excluding hydrogens is 442 g/mol. The number of non-ortho nitro benzene ring substituents is 1. The summed E-state index contributed by atoms with van der Waals surface area (Å²) in [6, 6.07) is 12.5. The van der Waals surface area contributed by atoms with Crippen LogP contribution < -0.4 is 14.9 Å². The van der Waals surface area contributed by atoms with Gasteiger partial charge < -0.3 is 15.0 Å². The molecule has 9 nitrogen and oxygen atoms in total. The monoisotopic (exact) mass is 455 g/mol. The summed E-state index contributed by atoms with van der Waals surface area (Å²) in [7, 11) is 0. The Kier molecular flexibility index (Phi) is 4.63. The van der Waals surface area contributed by atoms with E-state index in [1.165, 1.54) is 24.3 Å². The van der Waals surface area contributed by atoms with Crippen LogP contribution in [0, 0.1) is 16.0 Å². The van der Waals surface area contributed by atoms with Crippen molar-refractivity contribution in [2.45, 2.75) is 16.2 Å². The lowest BCUT2D eigenvalue weighted by Gasteiger charge is -2.38. The number of aromatic nitrogens is 1. The van der Waals surface area contributed by atoms with E-state index >= 15 is 0 Å². The Bertz CT molecular complexity index is 1280. The van der Waals surface area contributed by atoms with Crippen LogP contribution in [-0.2, 0) is 9.59 Å². The zero-order valence-corrected chi connectivity index (χ0v) is 17.2. The van der Waals surface area contributed by atoms with Crippen molar-refractivity contribution in [2.24, 2.45) is 5.92 Å². The lowest BCUT2D eigenvalue weighted by Crippen LogP contribution is -2.46. The van der Waals surface area contributed by atoms with Crippen LogP contribution in [0.25, 0.3) is 0 Å². The van der Waals surface area contributed by atoms with Crippen LogP contribution in [0.1, 0.15) is 16.4 Å². The zero-order chi connectivity index (χ0) is 21.7. The first-order valence-electron chi connectivity index (χ1n) is 9.18. The molecule has 1 amide bonds. The fourth-order valence-electron chi connectivity index (χ4n) is 3.85. The number of nitro groups is 1. The van der Waals surface area contributed by atoms with Gasteiger partial charge in [0.25, 0.3) is 5.69 Å². The zero-order valence-electron chi connectivity index (χ0n) is 15.6. The number of amides is 1. The van der Waals surface area contributed by atoms with Crippen LogP contribution in [0.3, 0.4) is 0 Å². The lowest BCUT2D eigenvalue weighted by molar-refractivity contribution is -0.384. The number of nitrogens with zero attached hydrogens (tertiary/aromatic N) is 1. The number of nitrogens with one attached hydrogen (secondary N) is 2. The van der Waals surface area contributed by atoms with Crippen molar-refractivity contribution in [3.05, 3.63) is 78.8 Å². The Morgan fingerprint density at radius 2 is 1.87 bits per heavy atom. The largest absolute Gasteiger partial charge is 0.426 e. The van der Waals surface area contributed by atoms with Crippen LogP contribution in [0.4, 0.5) is 11.4 Å². The van der Waals surface area contributed by atoms with Gasteiger partial charge in [0.05, 0.1) is 15.9 Å². The molecule has 0 aliphatic carbocycles. The van der Waals surface area contributed by atoms with Crippen LogP contribution in [0.5, 0.6) is 5.75 Å². The molecule has 1 aromatic heterocycles. The fourth-order valence-corrected chi connectivity index (χ4v) is 6.31. The van der Waals surface area contributed by atoms with E-state index in [-0.39, 0.29) is 10.6 Å². The second kappa shape index (κ2) is 7.36. The molecule has 11 heteroatoms. The molecule has 5 rings (SSSR count). The molecular formula is C20H13N3O6S2. The predicted molar refractivity (Wildman–Crippen MR) is 114 cm³/mol. The van der Waals surface area contributed by atoms with Crippen molar-refractivity contribution >= 4 is 46.3 Å². The highest BCUT2D eigenvalue weighted by Crippen LogP contribution is 2.53. The normalized spacial score (nSPS) is 21.3. The summed E-state index contributed by atoms with van der Waals surface area (Å²) in [6.07, 6.45) is 0. The van der Waals surface area contributed by atoms with Crippen LogP contribution in [0.2, 0.25) is 0 Å². The number of carbonyl (C=O) groups is 2. The molecule has 31 heavy (non-hydrogen) atoms. The maximum absolute atomic E-state index is 13.2. The van der Waals surface area contributed by atoms with Gasteiger partial charge in [0.1, 0.15) is 11.0 Å². The third kappa shape index (κ3) is 3.31. The number of para-hydroxylation sites is 1. The number of rotatable bonds is 3. The molecule has 3 heterocycles. The highest BCUT2D eigenvalue weighted by Gasteiger charge is 2.51. The molecule has 3 aromatic rings. The van der Waals surface area contributed by atoms with Crippen LogP contribution >= 0.6 is 23.1 Å². The van der Waals surface area contributed by atoms with Crippen LogP contribution in [0.15, 0.2) is 58.4 Å². The van der Waals surface area contributed by atoms with Gasteiger partial charge in [-0.25, -0.2) is 0 Å². The van der Waals surface area contributed by atoms with Crippen LogP contribution in [-0.4, -0.2) is 27.0 Å². The van der Waals surface area contributed by atoms with Crippen molar-refractivity contribution in [1.29, 1.82) is 0 Å². The Morgan fingerprint density at radius 1 is 1.13 bits per heavy atom. The summed E-state index contributed by atoms with van der Waals surface area (Å²) in [5, 5.41) is 13.2. The second-order valence-corrected chi connectivity index (χ2v) is 9.17. The number of carbonyl (C=O) groups excluding carboxylic acids is 2. The minimum atomic E-state index is -0.862. The first kappa shape index (κ1) is 19.5. The second-order valence-electron chi connectivity index (χ2n) is 7.00. The third-order valence-electron chi connectivity index (χ3n) is 5.20. The van der Waals surface area contributed by atoms with E-state index in [1.54, 1.807) is 12.1 Å². The third-order valence-corrected chi connectivity index (χ3v) is 7.61. The summed E-state index contributed by atoms with van der Waals surface area (Å²) in [4.78, 5) is 51.6. The number of esters is 1. The Morgan fingerprint density at radius 3 is 2.61 bits per heavy atom. The molecule has 2 aliphatic rings. The Hall–Kier alpha value is -3.44. The van der Waals surface area contributed by atoms with E-state index in [1.807, 2.05) is 12.1 Å². The molecule has 0 saturated carbocycles. The maximum atomic E-state index is 13.2. The van der Waals surface area contributed by atoms with E-state index in [2.05, 4.69) is 10.3 Å². The van der Waals surface area contributed by atoms with Gasteiger partial charge in [-0.2, -0.15) is 0 Å². The number of hydrogen-bond donors (Lipinski definition) is 2. The maximum Gasteiger partial charge on any atom is 0.317 e. The number of ether oxygens (including phenoxy) is 1. The van der Waals surface area contributed by atoms with Gasteiger partial charge in [-0.15, -0.1) is 0 Å². The molecule has 0 radical (unpaired) electrons. The molecule has 0 saturated heterocycles. The van der Waals surface area contributed by atoms with Gasteiger partial charge in [-0.3, -0.25) is 24.5 Å². The molecule has 0 spiro atoms. The first-order valence-corrected chi connectivity index (χ1v) is 10.9. The van der Waals surface area contributed by atoms with Crippen molar-refractivity contribution in [3.63, 3.8) is 0 Å².